The van der Waals surface area contributed by atoms with Gasteiger partial charge in [-0.05, 0) is 37.3 Å². The molecule has 0 unspecified atom stereocenters. The quantitative estimate of drug-likeness (QED) is 0.731. The van der Waals surface area contributed by atoms with Crippen LogP contribution in [-0.4, -0.2) is 43.3 Å². The van der Waals surface area contributed by atoms with E-state index in [4.69, 9.17) is 5.73 Å². The first-order chi connectivity index (χ1) is 14.0. The molecular weight excluding hydrogens is 425 g/mol. The number of halogens is 3. The van der Waals surface area contributed by atoms with Gasteiger partial charge >= 0.3 is 6.61 Å². The van der Waals surface area contributed by atoms with Crippen molar-refractivity contribution in [3.63, 3.8) is 0 Å². The normalized spacial score (nSPS) is 20.5. The molecule has 3 rings (SSSR count). The minimum absolute atomic E-state index is 0.0554. The van der Waals surface area contributed by atoms with Gasteiger partial charge in [-0.25, -0.2) is 17.8 Å². The van der Waals surface area contributed by atoms with Crippen molar-refractivity contribution in [2.45, 2.75) is 19.1 Å². The lowest BCUT2D eigenvalue weighted by Crippen LogP contribution is -2.42. The van der Waals surface area contributed by atoms with Crippen molar-refractivity contribution in [2.75, 3.05) is 16.8 Å². The second-order valence-electron chi connectivity index (χ2n) is 6.82. The average molecular weight is 442 g/mol. The molecule has 0 spiro atoms. The van der Waals surface area contributed by atoms with Crippen LogP contribution in [-0.2, 0) is 15.4 Å². The van der Waals surface area contributed by atoms with Gasteiger partial charge in [-0.15, -0.1) is 0 Å². The highest BCUT2D eigenvalue weighted by Gasteiger charge is 2.39. The summed E-state index contributed by atoms with van der Waals surface area (Å²) in [5, 5.41) is 2.49. The second-order valence-corrected chi connectivity index (χ2v) is 8.88. The van der Waals surface area contributed by atoms with E-state index in [2.05, 4.69) is 20.0 Å². The molecule has 2 aromatic rings. The number of nitrogens with zero attached hydrogens (tertiary/aromatic N) is 2. The summed E-state index contributed by atoms with van der Waals surface area (Å²) >= 11 is 0. The van der Waals surface area contributed by atoms with Crippen molar-refractivity contribution in [3.05, 3.63) is 53.6 Å². The van der Waals surface area contributed by atoms with E-state index in [0.717, 1.165) is 18.3 Å². The van der Waals surface area contributed by atoms with Gasteiger partial charge in [0, 0.05) is 11.3 Å². The van der Waals surface area contributed by atoms with Gasteiger partial charge in [-0.2, -0.15) is 8.78 Å². The highest BCUT2D eigenvalue weighted by Crippen LogP contribution is 2.34. The lowest BCUT2D eigenvalue weighted by molar-refractivity contribution is -0.0500. The molecule has 1 aromatic carbocycles. The van der Waals surface area contributed by atoms with E-state index in [1.54, 1.807) is 0 Å². The third-order valence-electron chi connectivity index (χ3n) is 4.26. The third kappa shape index (κ3) is 4.87. The van der Waals surface area contributed by atoms with Gasteiger partial charge < -0.3 is 15.8 Å². The molecule has 1 amide bonds. The average Bonchev–Trinajstić information content (AvgIpc) is 2.61. The highest BCUT2D eigenvalue weighted by atomic mass is 32.2. The fraction of sp³-hybridized carbons (Fsp3) is 0.278. The van der Waals surface area contributed by atoms with Crippen LogP contribution in [0.2, 0.25) is 0 Å². The summed E-state index contributed by atoms with van der Waals surface area (Å²) in [4.78, 5) is 20.2. The monoisotopic (exact) mass is 442 g/mol. The fourth-order valence-electron chi connectivity index (χ4n) is 3.12. The Hall–Kier alpha value is -3.15. The number of sulfone groups is 1. The number of hydrogen-bond acceptors (Lipinski definition) is 7. The highest BCUT2D eigenvalue weighted by molar-refractivity contribution is 7.92. The van der Waals surface area contributed by atoms with Crippen LogP contribution < -0.4 is 15.8 Å². The van der Waals surface area contributed by atoms with Gasteiger partial charge in [0.05, 0.1) is 11.9 Å². The van der Waals surface area contributed by atoms with Gasteiger partial charge in [0.2, 0.25) is 0 Å². The summed E-state index contributed by atoms with van der Waals surface area (Å²) in [5.74, 6) is -2.60. The number of benzene rings is 1. The molecule has 30 heavy (non-hydrogen) atoms. The summed E-state index contributed by atoms with van der Waals surface area (Å²) < 4.78 is 67.2. The Morgan fingerprint density at radius 1 is 1.30 bits per heavy atom. The molecule has 0 aliphatic carbocycles. The van der Waals surface area contributed by atoms with Gasteiger partial charge in [0.1, 0.15) is 34.4 Å². The molecule has 12 heteroatoms. The number of pyridine rings is 1. The first kappa shape index (κ1) is 21.6. The summed E-state index contributed by atoms with van der Waals surface area (Å²) in [5.41, 5.74) is 4.16. The van der Waals surface area contributed by atoms with Gasteiger partial charge in [-0.1, -0.05) is 0 Å². The number of anilines is 1. The molecule has 0 saturated carbocycles. The summed E-state index contributed by atoms with van der Waals surface area (Å²) in [7, 11) is -3.58. The number of aromatic nitrogens is 1. The van der Waals surface area contributed by atoms with Crippen molar-refractivity contribution < 1.29 is 31.1 Å². The van der Waals surface area contributed by atoms with E-state index >= 15 is 0 Å². The summed E-state index contributed by atoms with van der Waals surface area (Å²) in [6.07, 6.45) is 0.961. The number of amides is 1. The van der Waals surface area contributed by atoms with Gasteiger partial charge in [0.15, 0.2) is 9.84 Å². The molecule has 8 nitrogen and oxygen atoms in total. The Morgan fingerprint density at radius 2 is 2.03 bits per heavy atom. The topological polar surface area (TPSA) is 124 Å². The first-order valence-corrected chi connectivity index (χ1v) is 10.4. The van der Waals surface area contributed by atoms with Crippen molar-refractivity contribution in [2.24, 2.45) is 10.7 Å². The van der Waals surface area contributed by atoms with Crippen LogP contribution in [0, 0.1) is 5.82 Å². The Bertz CT molecular complexity index is 1110. The zero-order chi connectivity index (χ0) is 22.1. The van der Waals surface area contributed by atoms with Crippen LogP contribution in [0.15, 0.2) is 41.5 Å². The maximum atomic E-state index is 14.5. The molecule has 0 radical (unpaired) electrons. The number of carbonyl (C=O) groups is 1. The molecule has 1 atom stereocenters. The van der Waals surface area contributed by atoms with E-state index in [9.17, 15) is 26.4 Å². The molecular formula is C18H17F3N4O4S. The summed E-state index contributed by atoms with van der Waals surface area (Å²) in [6, 6.07) is 5.93. The lowest BCUT2D eigenvalue weighted by Gasteiger charge is -2.30. The molecule has 3 N–H and O–H groups in total. The molecule has 1 aliphatic rings. The van der Waals surface area contributed by atoms with Crippen LogP contribution in [0.3, 0.4) is 0 Å². The number of aliphatic imine (C=N–C) groups is 1. The van der Waals surface area contributed by atoms with Crippen LogP contribution in [0.4, 0.5) is 18.9 Å². The standard InChI is InChI=1S/C18H17F3N4O4S/c1-18(9-30(27,28)8-15(22)25-18)12-6-10(2-4-13(12)19)24-16(26)14-5-3-11(7-23-14)29-17(20)21/h2-7,17H,8-9H2,1H3,(H2,22,25)(H,24,26)/t18-/m0/s1. The third-order valence-corrected chi connectivity index (χ3v) is 6.00. The molecule has 1 aromatic heterocycles. The Balaban J connectivity index is 1.85. The van der Waals surface area contributed by atoms with Crippen LogP contribution in [0.25, 0.3) is 0 Å². The Labute approximate surface area is 169 Å². The number of hydrogen-bond donors (Lipinski definition) is 2. The maximum absolute atomic E-state index is 14.5. The van der Waals surface area contributed by atoms with Crippen LogP contribution in [0.1, 0.15) is 23.0 Å². The summed E-state index contributed by atoms with van der Waals surface area (Å²) in [6.45, 7) is -1.59. The zero-order valence-electron chi connectivity index (χ0n) is 15.6. The molecule has 1 aliphatic heterocycles. The van der Waals surface area contributed by atoms with Crippen molar-refractivity contribution in [1.82, 2.24) is 4.98 Å². The fourth-order valence-corrected chi connectivity index (χ4v) is 4.82. The lowest BCUT2D eigenvalue weighted by atomic mass is 9.93. The Morgan fingerprint density at radius 3 is 2.63 bits per heavy atom. The van der Waals surface area contributed by atoms with Gasteiger partial charge in [-0.3, -0.25) is 9.79 Å². The van der Waals surface area contributed by atoms with Crippen LogP contribution >= 0.6 is 0 Å². The predicted molar refractivity (Wildman–Crippen MR) is 103 cm³/mol. The van der Waals surface area contributed by atoms with Crippen molar-refractivity contribution >= 4 is 27.3 Å². The molecule has 0 fully saturated rings. The van der Waals surface area contributed by atoms with E-state index in [1.807, 2.05) is 0 Å². The van der Waals surface area contributed by atoms with E-state index < -0.39 is 45.2 Å². The molecule has 160 valence electrons. The predicted octanol–water partition coefficient (Wildman–Crippen LogP) is 2.08. The second kappa shape index (κ2) is 7.94. The van der Waals surface area contributed by atoms with E-state index in [-0.39, 0.29) is 28.5 Å². The minimum Gasteiger partial charge on any atom is -0.433 e. The SMILES string of the molecule is C[C@@]1(c2cc(NC(=O)c3ccc(OC(F)F)cn3)ccc2F)CS(=O)(=O)CC(N)=N1. The van der Waals surface area contributed by atoms with E-state index in [1.165, 1.54) is 25.1 Å². The molecule has 0 bridgehead atoms. The number of amidine groups is 1. The van der Waals surface area contributed by atoms with Crippen molar-refractivity contribution in [1.29, 1.82) is 0 Å². The smallest absolute Gasteiger partial charge is 0.387 e. The van der Waals surface area contributed by atoms with Crippen molar-refractivity contribution in [3.8, 4) is 5.75 Å². The number of nitrogens with one attached hydrogen (secondary N) is 1. The largest absolute Gasteiger partial charge is 0.433 e. The Kier molecular flexibility index (Phi) is 5.70. The zero-order valence-corrected chi connectivity index (χ0v) is 16.4. The number of nitrogens with two attached hydrogens (primary N) is 1. The number of carbonyl (C=O) groups excluding carboxylic acids is 1. The van der Waals surface area contributed by atoms with Crippen LogP contribution in [0.5, 0.6) is 5.75 Å². The number of rotatable bonds is 5. The molecule has 2 heterocycles. The maximum Gasteiger partial charge on any atom is 0.387 e. The minimum atomic E-state index is -3.58. The van der Waals surface area contributed by atoms with Gasteiger partial charge in [0.25, 0.3) is 5.91 Å². The number of ether oxygens (including phenoxy) is 1. The number of alkyl halides is 2. The first-order valence-electron chi connectivity index (χ1n) is 8.54. The van der Waals surface area contributed by atoms with E-state index in [0.29, 0.717) is 0 Å². The molecule has 0 saturated heterocycles.